The van der Waals surface area contributed by atoms with Gasteiger partial charge >= 0.3 is 0 Å². The van der Waals surface area contributed by atoms with Gasteiger partial charge in [-0.15, -0.1) is 0 Å². The van der Waals surface area contributed by atoms with Gasteiger partial charge in [0.1, 0.15) is 22.7 Å². The molecule has 1 aliphatic heterocycles. The van der Waals surface area contributed by atoms with Crippen molar-refractivity contribution in [2.75, 3.05) is 33.4 Å². The molecule has 0 saturated carbocycles. The van der Waals surface area contributed by atoms with E-state index in [0.29, 0.717) is 53.1 Å². The number of aromatic nitrogens is 4. The minimum absolute atomic E-state index is 0.420. The van der Waals surface area contributed by atoms with Crippen LogP contribution in [0.2, 0.25) is 0 Å². The molecular formula is C21H21N7O2. The maximum Gasteiger partial charge on any atom is 0.232 e. The first-order valence-electron chi connectivity index (χ1n) is 9.37. The Bertz CT molecular complexity index is 1110. The molecule has 0 amide bonds. The number of nitrogens with one attached hydrogen (secondary N) is 1. The number of aliphatic imine (C=N–C) groups is 1. The van der Waals surface area contributed by atoms with Crippen LogP contribution in [0.1, 0.15) is 5.69 Å². The van der Waals surface area contributed by atoms with Crippen LogP contribution in [0.4, 0.5) is 0 Å². The number of ether oxygens (including phenoxy) is 2. The summed E-state index contributed by atoms with van der Waals surface area (Å²) in [4.78, 5) is 15.0. The molecule has 1 aromatic carbocycles. The largest absolute Gasteiger partial charge is 0.480 e. The van der Waals surface area contributed by atoms with Gasteiger partial charge in [0, 0.05) is 30.8 Å². The van der Waals surface area contributed by atoms with Gasteiger partial charge in [0.15, 0.2) is 0 Å². The second-order valence-corrected chi connectivity index (χ2v) is 6.48. The molecule has 30 heavy (non-hydrogen) atoms. The van der Waals surface area contributed by atoms with Gasteiger partial charge in [-0.25, -0.2) is 9.98 Å². The Morgan fingerprint density at radius 1 is 1.37 bits per heavy atom. The number of nitrogens with two attached hydrogens (primary N) is 1. The number of hydrogen-bond donors (Lipinski definition) is 2. The van der Waals surface area contributed by atoms with Gasteiger partial charge in [0.2, 0.25) is 5.88 Å². The van der Waals surface area contributed by atoms with E-state index in [0.717, 1.165) is 18.5 Å². The Labute approximate surface area is 173 Å². The van der Waals surface area contributed by atoms with E-state index in [-0.39, 0.29) is 0 Å². The standard InChI is InChI=1S/C21H21N7O2/c1-3-24-19(28-6-8-30-9-7-28)11-16(22)21-15-10-14(4-5-17(15)26-27-21)18-12-23-13-20(25-18)29-2/h3,10-13H,1,6-9,22H2,2H3,(H,26,27)/b16-11-,24-19+. The van der Waals surface area contributed by atoms with E-state index in [2.05, 4.69) is 48.8 Å². The first-order chi connectivity index (χ1) is 14.7. The third-order valence-corrected chi connectivity index (χ3v) is 4.63. The van der Waals surface area contributed by atoms with Crippen molar-refractivity contribution in [2.45, 2.75) is 0 Å². The van der Waals surface area contributed by atoms with Crippen LogP contribution in [-0.4, -0.2) is 64.3 Å². The molecule has 4 rings (SSSR count). The zero-order valence-corrected chi connectivity index (χ0v) is 16.6. The van der Waals surface area contributed by atoms with Gasteiger partial charge in [-0.1, -0.05) is 12.6 Å². The second kappa shape index (κ2) is 8.63. The van der Waals surface area contributed by atoms with Gasteiger partial charge < -0.3 is 20.1 Å². The minimum atomic E-state index is 0.420. The van der Waals surface area contributed by atoms with E-state index in [1.165, 1.54) is 6.20 Å². The van der Waals surface area contributed by atoms with Crippen molar-refractivity contribution in [3.63, 3.8) is 0 Å². The van der Waals surface area contributed by atoms with Crippen molar-refractivity contribution < 1.29 is 9.47 Å². The Kier molecular flexibility index (Phi) is 5.59. The maximum atomic E-state index is 6.41. The lowest BCUT2D eigenvalue weighted by Gasteiger charge is -2.28. The van der Waals surface area contributed by atoms with Gasteiger partial charge in [0.25, 0.3) is 0 Å². The zero-order chi connectivity index (χ0) is 20.9. The summed E-state index contributed by atoms with van der Waals surface area (Å²) >= 11 is 0. The third-order valence-electron chi connectivity index (χ3n) is 4.63. The van der Waals surface area contributed by atoms with Gasteiger partial charge in [0.05, 0.1) is 44.0 Å². The quantitative estimate of drug-likeness (QED) is 0.493. The van der Waals surface area contributed by atoms with E-state index >= 15 is 0 Å². The summed E-state index contributed by atoms with van der Waals surface area (Å²) in [6.07, 6.45) is 6.48. The molecule has 0 bridgehead atoms. The van der Waals surface area contributed by atoms with Crippen LogP contribution in [0, 0.1) is 12.1 Å². The molecule has 9 heteroatoms. The molecule has 9 nitrogen and oxygen atoms in total. The first kappa shape index (κ1) is 19.4. The van der Waals surface area contributed by atoms with E-state index in [4.69, 9.17) is 15.2 Å². The van der Waals surface area contributed by atoms with Gasteiger partial charge in [-0.2, -0.15) is 5.10 Å². The summed E-state index contributed by atoms with van der Waals surface area (Å²) in [5, 5.41) is 8.10. The van der Waals surface area contributed by atoms with Gasteiger partial charge in [-0.05, 0) is 12.1 Å². The summed E-state index contributed by atoms with van der Waals surface area (Å²) in [5.41, 5.74) is 9.48. The molecular weight excluding hydrogens is 382 g/mol. The Morgan fingerprint density at radius 3 is 2.97 bits per heavy atom. The Hall–Kier alpha value is -3.90. The first-order valence-corrected chi connectivity index (χ1v) is 9.37. The molecule has 0 aliphatic carbocycles. The molecule has 0 radical (unpaired) electrons. The lowest BCUT2D eigenvalue weighted by atomic mass is 10.1. The number of morpholine rings is 1. The smallest absolute Gasteiger partial charge is 0.232 e. The molecule has 1 saturated heterocycles. The molecule has 1 aliphatic rings. The number of rotatable bonds is 5. The van der Waals surface area contributed by atoms with Crippen molar-refractivity contribution in [1.29, 1.82) is 0 Å². The van der Waals surface area contributed by atoms with E-state index in [1.54, 1.807) is 25.6 Å². The molecule has 3 heterocycles. The van der Waals surface area contributed by atoms with Crippen molar-refractivity contribution >= 4 is 22.4 Å². The average molecular weight is 403 g/mol. The van der Waals surface area contributed by atoms with E-state index < -0.39 is 0 Å². The fourth-order valence-corrected chi connectivity index (χ4v) is 3.13. The summed E-state index contributed by atoms with van der Waals surface area (Å²) in [6.45, 7) is 6.46. The lowest BCUT2D eigenvalue weighted by molar-refractivity contribution is 0.0684. The van der Waals surface area contributed by atoms with Crippen LogP contribution in [-0.2, 0) is 4.74 Å². The number of aromatic amines is 1. The monoisotopic (exact) mass is 403 g/mol. The number of nitrogens with zero attached hydrogens (tertiary/aromatic N) is 5. The summed E-state index contributed by atoms with van der Waals surface area (Å²) < 4.78 is 10.6. The molecule has 0 atom stereocenters. The van der Waals surface area contributed by atoms with E-state index in [9.17, 15) is 0 Å². The molecule has 152 valence electrons. The van der Waals surface area contributed by atoms with Crippen LogP contribution in [0.5, 0.6) is 5.88 Å². The average Bonchev–Trinajstić information content (AvgIpc) is 3.23. The highest BCUT2D eigenvalue weighted by Gasteiger charge is 2.16. The number of fused-ring (bicyclic) bond motifs is 1. The number of H-pyrrole nitrogens is 1. The van der Waals surface area contributed by atoms with Crippen molar-refractivity contribution in [1.82, 2.24) is 25.1 Å². The van der Waals surface area contributed by atoms with Crippen LogP contribution in [0.25, 0.3) is 27.9 Å². The Balaban J connectivity index is 1.71. The number of hydrogen-bond acceptors (Lipinski definition) is 7. The number of methoxy groups -OCH3 is 1. The normalized spacial score (nSPS) is 15.2. The molecule has 0 unspecified atom stereocenters. The van der Waals surface area contributed by atoms with Crippen molar-refractivity contribution in [3.8, 4) is 17.1 Å². The van der Waals surface area contributed by atoms with Gasteiger partial charge in [-0.3, -0.25) is 10.1 Å². The fraction of sp³-hybridized carbons (Fsp3) is 0.238. The van der Waals surface area contributed by atoms with E-state index in [1.807, 2.05) is 6.07 Å². The highest BCUT2D eigenvalue weighted by Crippen LogP contribution is 2.24. The summed E-state index contributed by atoms with van der Waals surface area (Å²) in [7, 11) is 1.54. The molecule has 0 spiro atoms. The summed E-state index contributed by atoms with van der Waals surface area (Å²) in [6, 6.07) is 8.03. The van der Waals surface area contributed by atoms with Crippen LogP contribution >= 0.6 is 0 Å². The SMILES string of the molecule is C=C/N=C(\C=C(/N)c1n[nH]c2c#cc(-c3cncc(OC)n3)cc12)N1CCOCC1. The molecule has 1 fully saturated rings. The molecule has 3 N–H and O–H groups in total. The lowest BCUT2D eigenvalue weighted by Crippen LogP contribution is -2.40. The fourth-order valence-electron chi connectivity index (χ4n) is 3.13. The predicted molar refractivity (Wildman–Crippen MR) is 114 cm³/mol. The topological polar surface area (TPSA) is 115 Å². The van der Waals surface area contributed by atoms with Crippen molar-refractivity contribution in [3.05, 3.63) is 55.1 Å². The van der Waals surface area contributed by atoms with Crippen LogP contribution in [0.15, 0.2) is 42.3 Å². The van der Waals surface area contributed by atoms with Crippen molar-refractivity contribution in [2.24, 2.45) is 10.7 Å². The van der Waals surface area contributed by atoms with Crippen LogP contribution < -0.4 is 10.5 Å². The highest BCUT2D eigenvalue weighted by molar-refractivity contribution is 6.02. The van der Waals surface area contributed by atoms with Crippen LogP contribution in [0.3, 0.4) is 0 Å². The maximum absolute atomic E-state index is 6.41. The second-order valence-electron chi connectivity index (χ2n) is 6.48. The summed E-state index contributed by atoms with van der Waals surface area (Å²) in [5.74, 6) is 1.14. The third kappa shape index (κ3) is 3.94. The molecule has 2 aromatic heterocycles. The molecule has 3 aromatic rings. The zero-order valence-electron chi connectivity index (χ0n) is 16.6. The predicted octanol–water partition coefficient (Wildman–Crippen LogP) is 1.80. The highest BCUT2D eigenvalue weighted by atomic mass is 16.5. The Morgan fingerprint density at radius 2 is 2.20 bits per heavy atom. The minimum Gasteiger partial charge on any atom is -0.480 e. The number of amidine groups is 1.